The SMILES string of the molecule is COc1ccc(Sc2ccc3c(c2)N(O)OC3)cc1. The van der Waals surface area contributed by atoms with Crippen molar-refractivity contribution in [2.45, 2.75) is 16.4 Å². The van der Waals surface area contributed by atoms with Gasteiger partial charge >= 0.3 is 0 Å². The second-order valence-electron chi connectivity index (χ2n) is 4.11. The van der Waals surface area contributed by atoms with E-state index in [-0.39, 0.29) is 0 Å². The topological polar surface area (TPSA) is 41.9 Å². The number of nitrogens with zero attached hydrogens (tertiary/aromatic N) is 1. The molecule has 98 valence electrons. The monoisotopic (exact) mass is 275 g/mol. The van der Waals surface area contributed by atoms with Crippen molar-refractivity contribution < 1.29 is 14.8 Å². The van der Waals surface area contributed by atoms with Crippen LogP contribution in [0, 0.1) is 0 Å². The zero-order valence-electron chi connectivity index (χ0n) is 10.4. The van der Waals surface area contributed by atoms with E-state index in [9.17, 15) is 5.21 Å². The molecule has 5 heteroatoms. The highest BCUT2D eigenvalue weighted by Crippen LogP contribution is 2.35. The predicted octanol–water partition coefficient (Wildman–Crippen LogP) is 3.49. The molecule has 0 atom stereocenters. The van der Waals surface area contributed by atoms with E-state index in [1.54, 1.807) is 18.9 Å². The van der Waals surface area contributed by atoms with Gasteiger partial charge in [-0.15, -0.1) is 5.23 Å². The Labute approximate surface area is 115 Å². The second-order valence-corrected chi connectivity index (χ2v) is 5.26. The van der Waals surface area contributed by atoms with Gasteiger partial charge in [-0.3, -0.25) is 5.21 Å². The average molecular weight is 275 g/mol. The summed E-state index contributed by atoms with van der Waals surface area (Å²) in [4.78, 5) is 7.19. The highest BCUT2D eigenvalue weighted by molar-refractivity contribution is 7.99. The summed E-state index contributed by atoms with van der Waals surface area (Å²) < 4.78 is 5.13. The largest absolute Gasteiger partial charge is 0.497 e. The molecule has 4 nitrogen and oxygen atoms in total. The number of anilines is 1. The Morgan fingerprint density at radius 1 is 1.16 bits per heavy atom. The molecule has 1 heterocycles. The lowest BCUT2D eigenvalue weighted by Crippen LogP contribution is -2.10. The molecule has 0 unspecified atom stereocenters. The number of rotatable bonds is 3. The fraction of sp³-hybridized carbons (Fsp3) is 0.143. The van der Waals surface area contributed by atoms with E-state index in [4.69, 9.17) is 9.57 Å². The molecule has 1 aliphatic heterocycles. The van der Waals surface area contributed by atoms with Gasteiger partial charge in [-0.1, -0.05) is 17.8 Å². The van der Waals surface area contributed by atoms with Crippen LogP contribution in [0.2, 0.25) is 0 Å². The maximum absolute atomic E-state index is 9.53. The lowest BCUT2D eigenvalue weighted by molar-refractivity contribution is -0.0329. The van der Waals surface area contributed by atoms with Crippen molar-refractivity contribution >= 4 is 17.4 Å². The maximum atomic E-state index is 9.53. The molecule has 0 fully saturated rings. The minimum absolute atomic E-state index is 0.416. The number of fused-ring (bicyclic) bond motifs is 1. The quantitative estimate of drug-likeness (QED) is 0.928. The molecule has 1 aliphatic rings. The van der Waals surface area contributed by atoms with Crippen molar-refractivity contribution in [3.8, 4) is 5.75 Å². The van der Waals surface area contributed by atoms with Gasteiger partial charge in [-0.05, 0) is 36.4 Å². The van der Waals surface area contributed by atoms with Gasteiger partial charge in [-0.25, -0.2) is 4.84 Å². The van der Waals surface area contributed by atoms with Crippen LogP contribution in [0.15, 0.2) is 52.3 Å². The third kappa shape index (κ3) is 2.53. The van der Waals surface area contributed by atoms with Crippen LogP contribution in [-0.4, -0.2) is 12.3 Å². The first kappa shape index (κ1) is 12.3. The molecule has 0 spiro atoms. The molecule has 0 radical (unpaired) electrons. The molecule has 2 aromatic rings. The van der Waals surface area contributed by atoms with E-state index in [1.165, 1.54) is 0 Å². The number of hydrogen-bond donors (Lipinski definition) is 1. The lowest BCUT2D eigenvalue weighted by Gasteiger charge is -2.09. The van der Waals surface area contributed by atoms with E-state index >= 15 is 0 Å². The van der Waals surface area contributed by atoms with E-state index in [0.717, 1.165) is 26.3 Å². The molecule has 0 aromatic heterocycles. The zero-order valence-corrected chi connectivity index (χ0v) is 11.2. The Balaban J connectivity index is 1.81. The van der Waals surface area contributed by atoms with Crippen LogP contribution in [0.1, 0.15) is 5.56 Å². The van der Waals surface area contributed by atoms with Gasteiger partial charge < -0.3 is 4.74 Å². The van der Waals surface area contributed by atoms with E-state index in [1.807, 2.05) is 42.5 Å². The first-order valence-corrected chi connectivity index (χ1v) is 6.64. The van der Waals surface area contributed by atoms with Crippen LogP contribution >= 0.6 is 11.8 Å². The molecule has 1 N–H and O–H groups in total. The summed E-state index contributed by atoms with van der Waals surface area (Å²) in [6.45, 7) is 0.416. The Bertz CT molecular complexity index is 586. The number of ether oxygens (including phenoxy) is 1. The average Bonchev–Trinajstić information content (AvgIpc) is 2.81. The van der Waals surface area contributed by atoms with Crippen molar-refractivity contribution in [2.24, 2.45) is 0 Å². The smallest absolute Gasteiger partial charge is 0.118 e. The number of hydrogen-bond acceptors (Lipinski definition) is 5. The number of benzene rings is 2. The normalized spacial score (nSPS) is 13.5. The van der Waals surface area contributed by atoms with Crippen LogP contribution < -0.4 is 9.96 Å². The lowest BCUT2D eigenvalue weighted by atomic mass is 10.2. The van der Waals surface area contributed by atoms with Crippen molar-refractivity contribution in [3.63, 3.8) is 0 Å². The third-order valence-electron chi connectivity index (χ3n) is 2.90. The van der Waals surface area contributed by atoms with E-state index in [0.29, 0.717) is 12.3 Å². The summed E-state index contributed by atoms with van der Waals surface area (Å²) in [6, 6.07) is 13.8. The van der Waals surface area contributed by atoms with Crippen molar-refractivity contribution in [2.75, 3.05) is 12.3 Å². The molecular formula is C14H13NO3S. The van der Waals surface area contributed by atoms with Gasteiger partial charge in [0, 0.05) is 15.4 Å². The van der Waals surface area contributed by atoms with Crippen LogP contribution in [0.5, 0.6) is 5.75 Å². The Morgan fingerprint density at radius 2 is 1.89 bits per heavy atom. The summed E-state index contributed by atoms with van der Waals surface area (Å²) >= 11 is 1.63. The fourth-order valence-electron chi connectivity index (χ4n) is 1.89. The first-order valence-electron chi connectivity index (χ1n) is 5.83. The second kappa shape index (κ2) is 5.13. The molecule has 0 saturated heterocycles. The summed E-state index contributed by atoms with van der Waals surface area (Å²) in [7, 11) is 1.65. The molecule has 3 rings (SSSR count). The van der Waals surface area contributed by atoms with Gasteiger partial charge in [-0.2, -0.15) is 0 Å². The number of methoxy groups -OCH3 is 1. The molecule has 0 aliphatic carbocycles. The van der Waals surface area contributed by atoms with Gasteiger partial charge in [0.25, 0.3) is 0 Å². The highest BCUT2D eigenvalue weighted by Gasteiger charge is 2.18. The van der Waals surface area contributed by atoms with E-state index < -0.39 is 0 Å². The van der Waals surface area contributed by atoms with Crippen molar-refractivity contribution in [1.82, 2.24) is 0 Å². The summed E-state index contributed by atoms with van der Waals surface area (Å²) in [6.07, 6.45) is 0. The third-order valence-corrected chi connectivity index (χ3v) is 3.90. The van der Waals surface area contributed by atoms with Crippen LogP contribution in [-0.2, 0) is 11.4 Å². The van der Waals surface area contributed by atoms with Crippen LogP contribution in [0.3, 0.4) is 0 Å². The van der Waals surface area contributed by atoms with Crippen LogP contribution in [0.25, 0.3) is 0 Å². The molecule has 0 saturated carbocycles. The summed E-state index contributed by atoms with van der Waals surface area (Å²) in [5.41, 5.74) is 1.69. The fourth-order valence-corrected chi connectivity index (χ4v) is 2.74. The standard InChI is InChI=1S/C14H13NO3S/c1-17-11-3-6-12(7-4-11)19-13-5-2-10-9-18-15(16)14(10)8-13/h2-8,16H,9H2,1H3. The van der Waals surface area contributed by atoms with Gasteiger partial charge in [0.05, 0.1) is 7.11 Å². The van der Waals surface area contributed by atoms with Gasteiger partial charge in [0.1, 0.15) is 18.0 Å². The first-order chi connectivity index (χ1) is 9.26. The minimum Gasteiger partial charge on any atom is -0.497 e. The summed E-state index contributed by atoms with van der Waals surface area (Å²) in [5.74, 6) is 0.841. The highest BCUT2D eigenvalue weighted by atomic mass is 32.2. The molecule has 2 aromatic carbocycles. The van der Waals surface area contributed by atoms with E-state index in [2.05, 4.69) is 0 Å². The predicted molar refractivity (Wildman–Crippen MR) is 72.6 cm³/mol. The zero-order chi connectivity index (χ0) is 13.2. The Morgan fingerprint density at radius 3 is 2.63 bits per heavy atom. The Kier molecular flexibility index (Phi) is 3.33. The summed E-state index contributed by atoms with van der Waals surface area (Å²) in [5, 5.41) is 10.4. The van der Waals surface area contributed by atoms with Gasteiger partial charge in [0.2, 0.25) is 0 Å². The Hall–Kier alpha value is -1.69. The minimum atomic E-state index is 0.416. The molecule has 0 amide bonds. The van der Waals surface area contributed by atoms with Crippen molar-refractivity contribution in [3.05, 3.63) is 48.0 Å². The molecule has 0 bridgehead atoms. The van der Waals surface area contributed by atoms with Gasteiger partial charge in [0.15, 0.2) is 0 Å². The molecular weight excluding hydrogens is 262 g/mol. The van der Waals surface area contributed by atoms with Crippen LogP contribution in [0.4, 0.5) is 5.69 Å². The molecule has 19 heavy (non-hydrogen) atoms. The van der Waals surface area contributed by atoms with Crippen molar-refractivity contribution in [1.29, 1.82) is 0 Å². The maximum Gasteiger partial charge on any atom is 0.118 e.